The molecule has 0 atom stereocenters. The minimum absolute atomic E-state index is 0.147. The van der Waals surface area contributed by atoms with E-state index in [9.17, 15) is 4.39 Å². The van der Waals surface area contributed by atoms with Crippen LogP contribution < -0.4 is 5.32 Å². The summed E-state index contributed by atoms with van der Waals surface area (Å²) < 4.78 is 15.5. The first-order valence-corrected chi connectivity index (χ1v) is 5.88. The van der Waals surface area contributed by atoms with Gasteiger partial charge in [-0.25, -0.2) is 4.39 Å². The molecule has 17 heavy (non-hydrogen) atoms. The van der Waals surface area contributed by atoms with Gasteiger partial charge in [0.15, 0.2) is 0 Å². The van der Waals surface area contributed by atoms with Crippen LogP contribution in [-0.2, 0) is 19.6 Å². The lowest BCUT2D eigenvalue weighted by atomic mass is 10.2. The van der Waals surface area contributed by atoms with Gasteiger partial charge in [0, 0.05) is 37.6 Å². The second-order valence-corrected chi connectivity index (χ2v) is 4.05. The van der Waals surface area contributed by atoms with E-state index in [4.69, 9.17) is 0 Å². The van der Waals surface area contributed by atoms with Crippen molar-refractivity contribution in [3.63, 3.8) is 0 Å². The molecule has 1 N–H and O–H groups in total. The highest BCUT2D eigenvalue weighted by Gasteiger charge is 2.00. The Morgan fingerprint density at radius 2 is 2.00 bits per heavy atom. The highest BCUT2D eigenvalue weighted by Crippen LogP contribution is 2.06. The first kappa shape index (κ1) is 11.9. The molecule has 0 amide bonds. The van der Waals surface area contributed by atoms with Gasteiger partial charge in [-0.15, -0.1) is 0 Å². The van der Waals surface area contributed by atoms with Crippen LogP contribution in [0, 0.1) is 5.82 Å². The Morgan fingerprint density at radius 1 is 1.18 bits per heavy atom. The van der Waals surface area contributed by atoms with Crippen LogP contribution in [0.5, 0.6) is 0 Å². The molecule has 0 radical (unpaired) electrons. The molecule has 0 fully saturated rings. The Hall–Kier alpha value is -1.61. The molecule has 2 aromatic rings. The van der Waals surface area contributed by atoms with Gasteiger partial charge in [-0.3, -0.25) is 0 Å². The van der Waals surface area contributed by atoms with Crippen LogP contribution >= 0.6 is 0 Å². The molecular weight excluding hydrogens is 215 g/mol. The molecule has 2 nitrogen and oxygen atoms in total. The molecular formula is C14H17FN2. The van der Waals surface area contributed by atoms with Gasteiger partial charge in [-0.05, 0) is 24.6 Å². The van der Waals surface area contributed by atoms with Crippen molar-refractivity contribution in [3.8, 4) is 0 Å². The SMILES string of the molecule is CCn1ccc(CNCc2ccccc2F)c1. The van der Waals surface area contributed by atoms with E-state index in [0.29, 0.717) is 12.1 Å². The minimum atomic E-state index is -0.147. The van der Waals surface area contributed by atoms with E-state index in [2.05, 4.69) is 35.3 Å². The average Bonchev–Trinajstić information content (AvgIpc) is 2.80. The number of benzene rings is 1. The van der Waals surface area contributed by atoms with Gasteiger partial charge >= 0.3 is 0 Å². The third-order valence-electron chi connectivity index (χ3n) is 2.78. The Balaban J connectivity index is 1.85. The number of aryl methyl sites for hydroxylation is 1. The van der Waals surface area contributed by atoms with Gasteiger partial charge in [0.05, 0.1) is 0 Å². The second-order valence-electron chi connectivity index (χ2n) is 4.05. The van der Waals surface area contributed by atoms with E-state index in [1.165, 1.54) is 11.6 Å². The number of aromatic nitrogens is 1. The van der Waals surface area contributed by atoms with Gasteiger partial charge in [-0.2, -0.15) is 0 Å². The van der Waals surface area contributed by atoms with Gasteiger partial charge in [0.25, 0.3) is 0 Å². The molecule has 0 bridgehead atoms. The van der Waals surface area contributed by atoms with E-state index in [1.807, 2.05) is 6.07 Å². The molecule has 0 saturated heterocycles. The first-order valence-electron chi connectivity index (χ1n) is 5.88. The monoisotopic (exact) mass is 232 g/mol. The van der Waals surface area contributed by atoms with Crippen molar-refractivity contribution in [2.75, 3.05) is 0 Å². The summed E-state index contributed by atoms with van der Waals surface area (Å²) in [4.78, 5) is 0. The summed E-state index contributed by atoms with van der Waals surface area (Å²) in [6.45, 7) is 4.41. The maximum absolute atomic E-state index is 13.3. The molecule has 1 aromatic carbocycles. The normalized spacial score (nSPS) is 10.7. The van der Waals surface area contributed by atoms with E-state index >= 15 is 0 Å². The number of hydrogen-bond donors (Lipinski definition) is 1. The highest BCUT2D eigenvalue weighted by atomic mass is 19.1. The van der Waals surface area contributed by atoms with Crippen molar-refractivity contribution in [2.24, 2.45) is 0 Å². The number of halogens is 1. The zero-order chi connectivity index (χ0) is 12.1. The summed E-state index contributed by atoms with van der Waals surface area (Å²) in [5.74, 6) is -0.147. The Kier molecular flexibility index (Phi) is 3.94. The second kappa shape index (κ2) is 5.64. The Bertz CT molecular complexity index is 477. The lowest BCUT2D eigenvalue weighted by molar-refractivity contribution is 0.587. The predicted molar refractivity (Wildman–Crippen MR) is 67.0 cm³/mol. The average molecular weight is 232 g/mol. The first-order chi connectivity index (χ1) is 8.29. The molecule has 0 saturated carbocycles. The lowest BCUT2D eigenvalue weighted by Crippen LogP contribution is -2.13. The molecule has 2 rings (SSSR count). The highest BCUT2D eigenvalue weighted by molar-refractivity contribution is 5.17. The topological polar surface area (TPSA) is 17.0 Å². The fourth-order valence-electron chi connectivity index (χ4n) is 1.78. The number of hydrogen-bond acceptors (Lipinski definition) is 1. The molecule has 1 aromatic heterocycles. The summed E-state index contributed by atoms with van der Waals surface area (Å²) in [6, 6.07) is 8.94. The van der Waals surface area contributed by atoms with Crippen molar-refractivity contribution in [1.29, 1.82) is 0 Å². The molecule has 0 aliphatic rings. The standard InChI is InChI=1S/C14H17FN2/c1-2-17-8-7-12(11-17)9-16-10-13-5-3-4-6-14(13)15/h3-8,11,16H,2,9-10H2,1H3. The zero-order valence-electron chi connectivity index (χ0n) is 9.99. The number of rotatable bonds is 5. The molecule has 0 aliphatic heterocycles. The summed E-state index contributed by atoms with van der Waals surface area (Å²) in [5, 5.41) is 3.24. The Morgan fingerprint density at radius 3 is 2.71 bits per heavy atom. The lowest BCUT2D eigenvalue weighted by Gasteiger charge is -2.04. The zero-order valence-corrected chi connectivity index (χ0v) is 9.99. The van der Waals surface area contributed by atoms with E-state index in [0.717, 1.165) is 13.1 Å². The van der Waals surface area contributed by atoms with E-state index in [-0.39, 0.29) is 5.82 Å². The largest absolute Gasteiger partial charge is 0.354 e. The smallest absolute Gasteiger partial charge is 0.127 e. The minimum Gasteiger partial charge on any atom is -0.354 e. The van der Waals surface area contributed by atoms with Crippen molar-refractivity contribution in [3.05, 3.63) is 59.7 Å². The van der Waals surface area contributed by atoms with Crippen LogP contribution in [0.25, 0.3) is 0 Å². The summed E-state index contributed by atoms with van der Waals surface area (Å²) in [7, 11) is 0. The summed E-state index contributed by atoms with van der Waals surface area (Å²) in [6.07, 6.45) is 4.16. The molecule has 1 heterocycles. The van der Waals surface area contributed by atoms with E-state index in [1.54, 1.807) is 12.1 Å². The maximum atomic E-state index is 13.3. The Labute approximate surface area is 101 Å². The molecule has 0 spiro atoms. The van der Waals surface area contributed by atoms with Crippen LogP contribution in [0.1, 0.15) is 18.1 Å². The van der Waals surface area contributed by atoms with Crippen LogP contribution in [0.2, 0.25) is 0 Å². The fraction of sp³-hybridized carbons (Fsp3) is 0.286. The van der Waals surface area contributed by atoms with Gasteiger partial charge in [0.2, 0.25) is 0 Å². The molecule has 0 unspecified atom stereocenters. The van der Waals surface area contributed by atoms with Crippen LogP contribution in [-0.4, -0.2) is 4.57 Å². The molecule has 3 heteroatoms. The van der Waals surface area contributed by atoms with Crippen molar-refractivity contribution < 1.29 is 4.39 Å². The third kappa shape index (κ3) is 3.17. The summed E-state index contributed by atoms with van der Waals surface area (Å²) >= 11 is 0. The third-order valence-corrected chi connectivity index (χ3v) is 2.78. The van der Waals surface area contributed by atoms with Crippen LogP contribution in [0.4, 0.5) is 4.39 Å². The molecule has 0 aliphatic carbocycles. The predicted octanol–water partition coefficient (Wildman–Crippen LogP) is 2.94. The number of nitrogens with zero attached hydrogens (tertiary/aromatic N) is 1. The van der Waals surface area contributed by atoms with Gasteiger partial charge in [-0.1, -0.05) is 18.2 Å². The van der Waals surface area contributed by atoms with Crippen LogP contribution in [0.15, 0.2) is 42.7 Å². The van der Waals surface area contributed by atoms with E-state index < -0.39 is 0 Å². The quantitative estimate of drug-likeness (QED) is 0.838. The fourth-order valence-corrected chi connectivity index (χ4v) is 1.78. The van der Waals surface area contributed by atoms with Crippen LogP contribution in [0.3, 0.4) is 0 Å². The number of nitrogens with one attached hydrogen (secondary N) is 1. The van der Waals surface area contributed by atoms with Crippen molar-refractivity contribution in [1.82, 2.24) is 9.88 Å². The van der Waals surface area contributed by atoms with Gasteiger partial charge in [0.1, 0.15) is 5.82 Å². The molecule has 90 valence electrons. The van der Waals surface area contributed by atoms with Crippen molar-refractivity contribution in [2.45, 2.75) is 26.6 Å². The maximum Gasteiger partial charge on any atom is 0.127 e. The van der Waals surface area contributed by atoms with Crippen molar-refractivity contribution >= 4 is 0 Å². The summed E-state index contributed by atoms with van der Waals surface area (Å²) in [5.41, 5.74) is 1.94. The van der Waals surface area contributed by atoms with Gasteiger partial charge < -0.3 is 9.88 Å².